The number of hydrogen-bond donors (Lipinski definition) is 2. The number of rotatable bonds is 9. The van der Waals surface area contributed by atoms with E-state index in [2.05, 4.69) is 55.4 Å². The van der Waals surface area contributed by atoms with Gasteiger partial charge in [0.05, 0.1) is 11.2 Å². The highest BCUT2D eigenvalue weighted by Crippen LogP contribution is 2.35. The second-order valence-corrected chi connectivity index (χ2v) is 17.2. The Kier molecular flexibility index (Phi) is 24.9. The van der Waals surface area contributed by atoms with Crippen LogP contribution in [0, 0.1) is 41.4 Å². The van der Waals surface area contributed by atoms with Gasteiger partial charge in [0.15, 0.2) is 0 Å². The van der Waals surface area contributed by atoms with Crippen LogP contribution >= 0.6 is 0 Å². The molecule has 0 atom stereocenters. The molecule has 0 radical (unpaired) electrons. The Labute approximate surface area is 274 Å². The lowest BCUT2D eigenvalue weighted by atomic mass is 9.79. The smallest absolute Gasteiger partial charge is 0.389 e. The van der Waals surface area contributed by atoms with Gasteiger partial charge in [-0.2, -0.15) is 13.2 Å². The lowest BCUT2D eigenvalue weighted by Gasteiger charge is -2.33. The van der Waals surface area contributed by atoms with E-state index in [1.807, 2.05) is 13.8 Å². The summed E-state index contributed by atoms with van der Waals surface area (Å²) in [6.45, 7) is 24.7. The minimum atomic E-state index is -3.98. The third-order valence-electron chi connectivity index (χ3n) is 8.15. The van der Waals surface area contributed by atoms with Gasteiger partial charge in [-0.25, -0.2) is 0 Å². The molecule has 0 aromatic rings. The molecule has 0 heterocycles. The fraction of sp³-hybridized carbons (Fsp3) is 1.00. The summed E-state index contributed by atoms with van der Waals surface area (Å²) in [5.41, 5.74) is -0.777. The molecule has 3 rings (SSSR count). The summed E-state index contributed by atoms with van der Waals surface area (Å²) in [7, 11) is 0. The summed E-state index contributed by atoms with van der Waals surface area (Å²) in [5, 5.41) is 19.2. The van der Waals surface area contributed by atoms with Crippen molar-refractivity contribution < 1.29 is 23.4 Å². The molecule has 0 unspecified atom stereocenters. The van der Waals surface area contributed by atoms with E-state index in [1.165, 1.54) is 77.0 Å². The minimum absolute atomic E-state index is 0.282. The van der Waals surface area contributed by atoms with Crippen LogP contribution in [0.1, 0.15) is 192 Å². The zero-order valence-electron chi connectivity index (χ0n) is 31.6. The van der Waals surface area contributed by atoms with Crippen molar-refractivity contribution in [3.8, 4) is 0 Å². The summed E-state index contributed by atoms with van der Waals surface area (Å²) in [4.78, 5) is 0. The highest BCUT2D eigenvalue weighted by molar-refractivity contribution is 4.82. The summed E-state index contributed by atoms with van der Waals surface area (Å²) >= 11 is 0. The van der Waals surface area contributed by atoms with Gasteiger partial charge in [-0.3, -0.25) is 0 Å². The highest BCUT2D eigenvalue weighted by Gasteiger charge is 2.29. The molecule has 0 bridgehead atoms. The van der Waals surface area contributed by atoms with Crippen LogP contribution in [0.5, 0.6) is 0 Å². The average molecular weight is 637 g/mol. The molecule has 0 saturated heterocycles. The topological polar surface area (TPSA) is 40.5 Å². The summed E-state index contributed by atoms with van der Waals surface area (Å²) in [6.07, 6.45) is 16.5. The Balaban J connectivity index is 0. The van der Waals surface area contributed by atoms with Crippen LogP contribution in [-0.4, -0.2) is 27.6 Å². The SMILES string of the molecule is CC(C)CC(C)(C)O.CC(C)CC(F)(F)F.CC(C)CC1(O)CCCCC1.CC(C)CC1CC1.CC(C)CC1CCCCC1. The van der Waals surface area contributed by atoms with Crippen molar-refractivity contribution in [3.63, 3.8) is 0 Å². The van der Waals surface area contributed by atoms with Crippen molar-refractivity contribution in [1.29, 1.82) is 0 Å². The van der Waals surface area contributed by atoms with Crippen molar-refractivity contribution in [2.24, 2.45) is 41.4 Å². The quantitative estimate of drug-likeness (QED) is 0.264. The fourth-order valence-corrected chi connectivity index (χ4v) is 6.75. The molecule has 2 nitrogen and oxygen atoms in total. The first-order valence-electron chi connectivity index (χ1n) is 18.5. The molecule has 0 aromatic carbocycles. The maximum atomic E-state index is 11.3. The van der Waals surface area contributed by atoms with E-state index in [4.69, 9.17) is 0 Å². The Morgan fingerprint density at radius 3 is 1.20 bits per heavy atom. The first-order valence-corrected chi connectivity index (χ1v) is 18.5. The van der Waals surface area contributed by atoms with Gasteiger partial charge in [-0.05, 0) is 93.8 Å². The molecule has 3 fully saturated rings. The monoisotopic (exact) mass is 637 g/mol. The summed E-state index contributed by atoms with van der Waals surface area (Å²) in [6, 6.07) is 0. The Hall–Kier alpha value is -0.290. The second kappa shape index (κ2) is 23.9. The largest absolute Gasteiger partial charge is 0.390 e. The number of hydrogen-bond acceptors (Lipinski definition) is 2. The normalized spacial score (nSPS) is 19.0. The van der Waals surface area contributed by atoms with Crippen molar-refractivity contribution in [1.82, 2.24) is 0 Å². The van der Waals surface area contributed by atoms with Gasteiger partial charge in [0.25, 0.3) is 0 Å². The molecule has 3 aliphatic carbocycles. The highest BCUT2D eigenvalue weighted by atomic mass is 19.4. The number of alkyl halides is 3. The zero-order valence-corrected chi connectivity index (χ0v) is 31.6. The first-order chi connectivity index (χ1) is 20.0. The zero-order chi connectivity index (χ0) is 34.6. The van der Waals surface area contributed by atoms with Crippen LogP contribution in [0.15, 0.2) is 0 Å². The molecule has 0 amide bonds. The van der Waals surface area contributed by atoms with Crippen LogP contribution in [0.3, 0.4) is 0 Å². The molecular formula is C39H79F3O2. The molecule has 44 heavy (non-hydrogen) atoms. The van der Waals surface area contributed by atoms with Crippen molar-refractivity contribution in [3.05, 3.63) is 0 Å². The van der Waals surface area contributed by atoms with E-state index in [9.17, 15) is 23.4 Å². The fourth-order valence-electron chi connectivity index (χ4n) is 6.75. The van der Waals surface area contributed by atoms with Gasteiger partial charge in [0, 0.05) is 6.42 Å². The Morgan fingerprint density at radius 1 is 0.568 bits per heavy atom. The van der Waals surface area contributed by atoms with Gasteiger partial charge in [0.1, 0.15) is 0 Å². The first kappa shape index (κ1) is 45.8. The standard InChI is InChI=1S/C10H20O.C10H20.C7H16O.C7H14.C5H9F3/c1-9(2)8-10(11)6-4-3-5-7-10;1-9(2)8-10-6-4-3-5-7-10;1-6(2)5-7(3,4)8;1-6(2)5-7-3-4-7;1-4(2)3-5(6,7)8/h9,11H,3-8H2,1-2H3;9-10H,3-8H2,1-2H3;6,8H,5H2,1-4H3;6-7H,3-5H2,1-2H3;4H,3H2,1-2H3. The van der Waals surface area contributed by atoms with Crippen LogP contribution < -0.4 is 0 Å². The molecule has 268 valence electrons. The molecule has 3 saturated carbocycles. The predicted molar refractivity (Wildman–Crippen MR) is 187 cm³/mol. The molecule has 0 spiro atoms. The van der Waals surface area contributed by atoms with E-state index >= 15 is 0 Å². The van der Waals surface area contributed by atoms with Gasteiger partial charge in [0.2, 0.25) is 0 Å². The van der Waals surface area contributed by atoms with Crippen LogP contribution in [0.4, 0.5) is 13.2 Å². The number of halogens is 3. The van der Waals surface area contributed by atoms with Gasteiger partial charge < -0.3 is 10.2 Å². The average Bonchev–Trinajstić information content (AvgIpc) is 3.61. The van der Waals surface area contributed by atoms with E-state index in [0.717, 1.165) is 49.4 Å². The minimum Gasteiger partial charge on any atom is -0.390 e. The van der Waals surface area contributed by atoms with E-state index in [0.29, 0.717) is 11.8 Å². The number of aliphatic hydroxyl groups is 2. The lowest BCUT2D eigenvalue weighted by Crippen LogP contribution is -2.32. The van der Waals surface area contributed by atoms with E-state index in [-0.39, 0.29) is 11.5 Å². The van der Waals surface area contributed by atoms with Gasteiger partial charge in [-0.1, -0.05) is 133 Å². The molecule has 3 aliphatic rings. The Bertz CT molecular complexity index is 611. The molecular weight excluding hydrogens is 557 g/mol. The van der Waals surface area contributed by atoms with Crippen molar-refractivity contribution >= 4 is 0 Å². The molecule has 0 aliphatic heterocycles. The molecule has 0 aromatic heterocycles. The summed E-state index contributed by atoms with van der Waals surface area (Å²) in [5.74, 6) is 5.01. The van der Waals surface area contributed by atoms with Gasteiger partial charge >= 0.3 is 6.18 Å². The van der Waals surface area contributed by atoms with Crippen LogP contribution in [0.2, 0.25) is 0 Å². The Morgan fingerprint density at radius 2 is 0.955 bits per heavy atom. The van der Waals surface area contributed by atoms with Crippen LogP contribution in [0.25, 0.3) is 0 Å². The third kappa shape index (κ3) is 36.2. The molecule has 2 N–H and O–H groups in total. The summed E-state index contributed by atoms with van der Waals surface area (Å²) < 4.78 is 33.9. The van der Waals surface area contributed by atoms with Gasteiger partial charge in [-0.15, -0.1) is 0 Å². The molecule has 5 heteroatoms. The maximum absolute atomic E-state index is 11.3. The second-order valence-electron chi connectivity index (χ2n) is 17.2. The maximum Gasteiger partial charge on any atom is 0.389 e. The van der Waals surface area contributed by atoms with Crippen molar-refractivity contribution in [2.45, 2.75) is 210 Å². The lowest BCUT2D eigenvalue weighted by molar-refractivity contribution is -0.141. The van der Waals surface area contributed by atoms with E-state index in [1.54, 1.807) is 13.8 Å². The van der Waals surface area contributed by atoms with Crippen LogP contribution in [-0.2, 0) is 0 Å². The predicted octanol–water partition coefficient (Wildman–Crippen LogP) is 13.2. The van der Waals surface area contributed by atoms with Crippen molar-refractivity contribution in [2.75, 3.05) is 0 Å². The third-order valence-corrected chi connectivity index (χ3v) is 8.15. The van der Waals surface area contributed by atoms with E-state index < -0.39 is 18.2 Å².